The van der Waals surface area contributed by atoms with Crippen LogP contribution in [0.5, 0.6) is 11.5 Å². The Hall–Kier alpha value is -2.06. The molecule has 0 saturated carbocycles. The largest absolute Gasteiger partial charge is 0.493 e. The van der Waals surface area contributed by atoms with Gasteiger partial charge in [0.25, 0.3) is 11.8 Å². The van der Waals surface area contributed by atoms with Crippen LogP contribution in [0.4, 0.5) is 0 Å². The maximum atomic E-state index is 12.2. The molecule has 0 saturated heterocycles. The molecule has 8 heteroatoms. The van der Waals surface area contributed by atoms with Crippen molar-refractivity contribution < 1.29 is 19.1 Å². The van der Waals surface area contributed by atoms with E-state index in [0.29, 0.717) is 28.1 Å². The number of rotatable bonds is 6. The predicted molar refractivity (Wildman–Crippen MR) is 119 cm³/mol. The highest BCUT2D eigenvalue weighted by atomic mass is 79.9. The Morgan fingerprint density at radius 3 is 2.14 bits per heavy atom. The van der Waals surface area contributed by atoms with Crippen molar-refractivity contribution in [3.63, 3.8) is 0 Å². The lowest BCUT2D eigenvalue weighted by Gasteiger charge is -2.20. The number of hydrogen-bond acceptors (Lipinski definition) is 4. The van der Waals surface area contributed by atoms with E-state index in [2.05, 4.69) is 63.5 Å². The van der Waals surface area contributed by atoms with Gasteiger partial charge in [0.05, 0.1) is 15.6 Å². The van der Waals surface area contributed by atoms with E-state index in [9.17, 15) is 9.59 Å². The third-order valence-corrected chi connectivity index (χ3v) is 5.21. The first-order valence-electron chi connectivity index (χ1n) is 9.06. The fourth-order valence-electron chi connectivity index (χ4n) is 2.38. The normalized spacial score (nSPS) is 11.0. The fourth-order valence-corrected chi connectivity index (χ4v) is 3.36. The molecule has 2 rings (SSSR count). The number of halogens is 2. The second kappa shape index (κ2) is 10.1. The van der Waals surface area contributed by atoms with Gasteiger partial charge in [-0.15, -0.1) is 0 Å². The standard InChI is InChI=1S/C21H24Br2N2O4/c1-5-28-17-8-6-13(10-15(17)22)20(27)25-24-19(26)12-29-18-9-7-14(11-16(18)23)21(2,3)4/h6-11H,5,12H2,1-4H3,(H,24,26)(H,25,27). The lowest BCUT2D eigenvalue weighted by atomic mass is 9.87. The zero-order chi connectivity index (χ0) is 21.6. The quantitative estimate of drug-likeness (QED) is 0.531. The summed E-state index contributed by atoms with van der Waals surface area (Å²) in [5.74, 6) is 0.271. The molecule has 0 atom stereocenters. The van der Waals surface area contributed by atoms with Crippen LogP contribution in [0, 0.1) is 0 Å². The van der Waals surface area contributed by atoms with Crippen LogP contribution in [0.15, 0.2) is 45.3 Å². The summed E-state index contributed by atoms with van der Waals surface area (Å²) in [6.45, 7) is 8.52. The monoisotopic (exact) mass is 526 g/mol. The van der Waals surface area contributed by atoms with E-state index in [0.717, 1.165) is 10.0 Å². The first-order chi connectivity index (χ1) is 13.6. The third-order valence-electron chi connectivity index (χ3n) is 3.97. The van der Waals surface area contributed by atoms with Crippen molar-refractivity contribution in [3.8, 4) is 11.5 Å². The van der Waals surface area contributed by atoms with Gasteiger partial charge in [0.2, 0.25) is 0 Å². The van der Waals surface area contributed by atoms with E-state index in [1.165, 1.54) is 0 Å². The minimum Gasteiger partial charge on any atom is -0.493 e. The summed E-state index contributed by atoms with van der Waals surface area (Å²) in [6, 6.07) is 10.7. The van der Waals surface area contributed by atoms with Crippen LogP contribution in [-0.2, 0) is 10.2 Å². The van der Waals surface area contributed by atoms with E-state index < -0.39 is 11.8 Å². The Bertz CT molecular complexity index is 895. The van der Waals surface area contributed by atoms with Crippen LogP contribution in [-0.4, -0.2) is 25.0 Å². The minimum absolute atomic E-state index is 0.0125. The number of hydrogen-bond donors (Lipinski definition) is 2. The molecule has 2 amide bonds. The van der Waals surface area contributed by atoms with Crippen LogP contribution < -0.4 is 20.3 Å². The van der Waals surface area contributed by atoms with Gasteiger partial charge in [-0.3, -0.25) is 20.4 Å². The molecule has 0 radical (unpaired) electrons. The third kappa shape index (κ3) is 6.75. The van der Waals surface area contributed by atoms with Gasteiger partial charge in [-0.25, -0.2) is 0 Å². The van der Waals surface area contributed by atoms with Crippen molar-refractivity contribution in [1.82, 2.24) is 10.9 Å². The predicted octanol–water partition coefficient (Wildman–Crippen LogP) is 4.75. The lowest BCUT2D eigenvalue weighted by Crippen LogP contribution is -2.43. The molecule has 6 nitrogen and oxygen atoms in total. The molecule has 0 aliphatic carbocycles. The highest BCUT2D eigenvalue weighted by molar-refractivity contribution is 9.10. The van der Waals surface area contributed by atoms with E-state index in [4.69, 9.17) is 9.47 Å². The molecule has 0 aliphatic heterocycles. The molecule has 2 aromatic carbocycles. The van der Waals surface area contributed by atoms with Gasteiger partial charge in [-0.05, 0) is 80.1 Å². The van der Waals surface area contributed by atoms with Crippen molar-refractivity contribution in [2.75, 3.05) is 13.2 Å². The molecule has 2 aromatic rings. The van der Waals surface area contributed by atoms with Gasteiger partial charge in [0.15, 0.2) is 6.61 Å². The van der Waals surface area contributed by atoms with Gasteiger partial charge in [0, 0.05) is 5.56 Å². The smallest absolute Gasteiger partial charge is 0.276 e. The zero-order valence-electron chi connectivity index (χ0n) is 16.8. The van der Waals surface area contributed by atoms with E-state index >= 15 is 0 Å². The molecule has 0 aliphatic rings. The molecule has 0 bridgehead atoms. The first-order valence-corrected chi connectivity index (χ1v) is 10.6. The molecule has 0 unspecified atom stereocenters. The van der Waals surface area contributed by atoms with E-state index in [-0.39, 0.29) is 12.0 Å². The van der Waals surface area contributed by atoms with Crippen molar-refractivity contribution >= 4 is 43.7 Å². The van der Waals surface area contributed by atoms with Gasteiger partial charge in [-0.2, -0.15) is 0 Å². The molecule has 0 spiro atoms. The average molecular weight is 528 g/mol. The fraction of sp³-hybridized carbons (Fsp3) is 0.333. The summed E-state index contributed by atoms with van der Waals surface area (Å²) >= 11 is 6.82. The average Bonchev–Trinajstić information content (AvgIpc) is 2.66. The summed E-state index contributed by atoms with van der Waals surface area (Å²) in [7, 11) is 0. The molecular formula is C21H24Br2N2O4. The Balaban J connectivity index is 1.87. The zero-order valence-corrected chi connectivity index (χ0v) is 19.9. The molecule has 0 heterocycles. The summed E-state index contributed by atoms with van der Waals surface area (Å²) in [5, 5.41) is 0. The number of carbonyl (C=O) groups excluding carboxylic acids is 2. The van der Waals surface area contributed by atoms with Crippen LogP contribution in [0.2, 0.25) is 0 Å². The van der Waals surface area contributed by atoms with Crippen molar-refractivity contribution in [2.24, 2.45) is 0 Å². The van der Waals surface area contributed by atoms with Gasteiger partial charge in [0.1, 0.15) is 11.5 Å². The van der Waals surface area contributed by atoms with Gasteiger partial charge in [-0.1, -0.05) is 26.8 Å². The number of carbonyl (C=O) groups is 2. The maximum Gasteiger partial charge on any atom is 0.276 e. The van der Waals surface area contributed by atoms with Crippen molar-refractivity contribution in [3.05, 3.63) is 56.5 Å². The Labute approximate surface area is 187 Å². The topological polar surface area (TPSA) is 76.7 Å². The maximum absolute atomic E-state index is 12.2. The Morgan fingerprint density at radius 2 is 1.55 bits per heavy atom. The first kappa shape index (κ1) is 23.2. The van der Waals surface area contributed by atoms with E-state index in [1.807, 2.05) is 25.1 Å². The number of hydrazine groups is 1. The Morgan fingerprint density at radius 1 is 0.931 bits per heavy atom. The summed E-state index contributed by atoms with van der Waals surface area (Å²) in [5.41, 5.74) is 6.24. The van der Waals surface area contributed by atoms with Crippen molar-refractivity contribution in [1.29, 1.82) is 0 Å². The van der Waals surface area contributed by atoms with Crippen LogP contribution in [0.25, 0.3) is 0 Å². The summed E-state index contributed by atoms with van der Waals surface area (Å²) in [6.07, 6.45) is 0. The van der Waals surface area contributed by atoms with Gasteiger partial charge < -0.3 is 9.47 Å². The lowest BCUT2D eigenvalue weighted by molar-refractivity contribution is -0.123. The minimum atomic E-state index is -0.477. The highest BCUT2D eigenvalue weighted by Crippen LogP contribution is 2.31. The number of amides is 2. The number of nitrogens with one attached hydrogen (secondary N) is 2. The van der Waals surface area contributed by atoms with Crippen LogP contribution in [0.3, 0.4) is 0 Å². The van der Waals surface area contributed by atoms with Gasteiger partial charge >= 0.3 is 0 Å². The molecule has 29 heavy (non-hydrogen) atoms. The molecule has 0 fully saturated rings. The molecular weight excluding hydrogens is 504 g/mol. The second-order valence-corrected chi connectivity index (χ2v) is 8.97. The van der Waals surface area contributed by atoms with E-state index in [1.54, 1.807) is 18.2 Å². The molecule has 0 aromatic heterocycles. The summed E-state index contributed by atoms with van der Waals surface area (Å²) in [4.78, 5) is 24.2. The van der Waals surface area contributed by atoms with Crippen LogP contribution >= 0.6 is 31.9 Å². The molecule has 2 N–H and O–H groups in total. The van der Waals surface area contributed by atoms with Crippen LogP contribution in [0.1, 0.15) is 43.6 Å². The Kier molecular flexibility index (Phi) is 8.10. The highest BCUT2D eigenvalue weighted by Gasteiger charge is 2.16. The number of ether oxygens (including phenoxy) is 2. The summed E-state index contributed by atoms with van der Waals surface area (Å²) < 4.78 is 12.4. The molecule has 156 valence electrons. The van der Waals surface area contributed by atoms with Crippen molar-refractivity contribution in [2.45, 2.75) is 33.1 Å². The SMILES string of the molecule is CCOc1ccc(C(=O)NNC(=O)COc2ccc(C(C)(C)C)cc2Br)cc1Br. The number of benzene rings is 2. The second-order valence-electron chi connectivity index (χ2n) is 7.26.